The van der Waals surface area contributed by atoms with Crippen LogP contribution in [0.15, 0.2) is 72.9 Å². The maximum Gasteiger partial charge on any atom is 0.306 e. The van der Waals surface area contributed by atoms with E-state index in [1.54, 1.807) is 0 Å². The normalized spacial score (nSPS) is 12.6. The third kappa shape index (κ3) is 51.7. The van der Waals surface area contributed by atoms with Gasteiger partial charge < -0.3 is 14.2 Å². The lowest BCUT2D eigenvalue weighted by atomic mass is 10.0. The van der Waals surface area contributed by atoms with E-state index in [4.69, 9.17) is 14.2 Å². The highest BCUT2D eigenvalue weighted by Crippen LogP contribution is 2.14. The molecule has 6 nitrogen and oxygen atoms in total. The van der Waals surface area contributed by atoms with Gasteiger partial charge in [0.2, 0.25) is 0 Å². The third-order valence-corrected chi connectivity index (χ3v) is 11.7. The van der Waals surface area contributed by atoms with Crippen LogP contribution >= 0.6 is 0 Å². The molecule has 0 aromatic heterocycles. The number of allylic oxidation sites excluding steroid dienone is 12. The summed E-state index contributed by atoms with van der Waals surface area (Å²) in [6, 6.07) is 0. The van der Waals surface area contributed by atoms with Crippen molar-refractivity contribution in [3.63, 3.8) is 0 Å². The standard InChI is InChI=1S/C59H102O6/c1-4-7-10-13-16-19-22-25-27-29-31-32-34-37-40-43-46-49-52-58(61)64-55-56(54-63-57(60)51-48-45-42-39-36-24-21-18-15-12-9-6-3)65-59(62)53-50-47-44-41-38-35-33-30-28-26-23-20-17-14-11-8-5-2/h22,25-29,31-33,35,41,44,56H,4-21,23-24,30,34,36-40,42-43,45-55H2,1-3H3/b25-22-,28-26-,29-27-,32-31-,35-33-,44-41-. The number of carbonyl (C=O) groups excluding carboxylic acids is 3. The number of esters is 3. The zero-order chi connectivity index (χ0) is 47.2. The monoisotopic (exact) mass is 907 g/mol. The number of ether oxygens (including phenoxy) is 3. The fourth-order valence-electron chi connectivity index (χ4n) is 7.58. The average Bonchev–Trinajstić information content (AvgIpc) is 3.30. The van der Waals surface area contributed by atoms with Gasteiger partial charge >= 0.3 is 17.9 Å². The molecule has 0 aliphatic carbocycles. The topological polar surface area (TPSA) is 78.9 Å². The lowest BCUT2D eigenvalue weighted by molar-refractivity contribution is -0.167. The first-order valence-corrected chi connectivity index (χ1v) is 27.5. The molecule has 0 amide bonds. The van der Waals surface area contributed by atoms with Crippen molar-refractivity contribution in [1.82, 2.24) is 0 Å². The number of unbranched alkanes of at least 4 members (excludes halogenated alkanes) is 28. The van der Waals surface area contributed by atoms with Gasteiger partial charge in [-0.1, -0.05) is 241 Å². The summed E-state index contributed by atoms with van der Waals surface area (Å²) >= 11 is 0. The van der Waals surface area contributed by atoms with Crippen molar-refractivity contribution in [2.75, 3.05) is 13.2 Å². The quantitative estimate of drug-likeness (QED) is 0.0199. The predicted molar refractivity (Wildman–Crippen MR) is 279 cm³/mol. The van der Waals surface area contributed by atoms with Gasteiger partial charge in [0.25, 0.3) is 0 Å². The molecule has 0 radical (unpaired) electrons. The summed E-state index contributed by atoms with van der Waals surface area (Å²) in [4.78, 5) is 38.0. The zero-order valence-electron chi connectivity index (χ0n) is 42.7. The van der Waals surface area contributed by atoms with Crippen LogP contribution in [0.5, 0.6) is 0 Å². The SMILES string of the molecule is CCCCCCC\C=C/C=C\C=C/CCCCCCCC(=O)OCC(COC(=O)CCCCCCCCCCCCCC)OC(=O)CCC/C=C\C/C=C\C/C=C\CCCCCCCC. The Balaban J connectivity index is 4.48. The first-order chi connectivity index (χ1) is 32.0. The van der Waals surface area contributed by atoms with Crippen LogP contribution < -0.4 is 0 Å². The second-order valence-electron chi connectivity index (χ2n) is 18.2. The van der Waals surface area contributed by atoms with Gasteiger partial charge in [-0.15, -0.1) is 0 Å². The van der Waals surface area contributed by atoms with Gasteiger partial charge in [0, 0.05) is 19.3 Å². The Hall–Kier alpha value is -3.15. The molecule has 6 heteroatoms. The summed E-state index contributed by atoms with van der Waals surface area (Å²) in [5, 5.41) is 0. The molecule has 1 atom stereocenters. The fourth-order valence-corrected chi connectivity index (χ4v) is 7.58. The van der Waals surface area contributed by atoms with E-state index in [0.29, 0.717) is 19.3 Å². The molecule has 0 bridgehead atoms. The van der Waals surface area contributed by atoms with E-state index in [0.717, 1.165) is 83.5 Å². The van der Waals surface area contributed by atoms with E-state index < -0.39 is 6.10 Å². The minimum absolute atomic E-state index is 0.100. The summed E-state index contributed by atoms with van der Waals surface area (Å²) in [6.07, 6.45) is 67.5. The summed E-state index contributed by atoms with van der Waals surface area (Å²) in [5.74, 6) is -0.969. The van der Waals surface area contributed by atoms with Crippen LogP contribution in [0.4, 0.5) is 0 Å². The van der Waals surface area contributed by atoms with Crippen molar-refractivity contribution in [3.05, 3.63) is 72.9 Å². The van der Waals surface area contributed by atoms with Gasteiger partial charge in [0.15, 0.2) is 6.10 Å². The second-order valence-corrected chi connectivity index (χ2v) is 18.2. The summed E-state index contributed by atoms with van der Waals surface area (Å²) in [5.41, 5.74) is 0. The summed E-state index contributed by atoms with van der Waals surface area (Å²) < 4.78 is 16.8. The van der Waals surface area contributed by atoms with E-state index in [-0.39, 0.29) is 37.5 Å². The van der Waals surface area contributed by atoms with Crippen LogP contribution in [0, 0.1) is 0 Å². The lowest BCUT2D eigenvalue weighted by Gasteiger charge is -2.18. The zero-order valence-corrected chi connectivity index (χ0v) is 42.7. The highest BCUT2D eigenvalue weighted by atomic mass is 16.6. The molecule has 0 spiro atoms. The van der Waals surface area contributed by atoms with Crippen LogP contribution in [-0.4, -0.2) is 37.2 Å². The van der Waals surface area contributed by atoms with Gasteiger partial charge in [0.05, 0.1) is 0 Å². The van der Waals surface area contributed by atoms with Crippen molar-refractivity contribution in [2.45, 2.75) is 271 Å². The van der Waals surface area contributed by atoms with E-state index in [9.17, 15) is 14.4 Å². The minimum Gasteiger partial charge on any atom is -0.462 e. The molecule has 0 aliphatic rings. The summed E-state index contributed by atoms with van der Waals surface area (Å²) in [6.45, 7) is 6.56. The van der Waals surface area contributed by atoms with Crippen molar-refractivity contribution in [3.8, 4) is 0 Å². The van der Waals surface area contributed by atoms with Gasteiger partial charge in [-0.2, -0.15) is 0 Å². The maximum absolute atomic E-state index is 12.8. The van der Waals surface area contributed by atoms with E-state index in [1.807, 2.05) is 0 Å². The Kier molecular flexibility index (Phi) is 50.9. The number of hydrogen-bond acceptors (Lipinski definition) is 6. The molecule has 0 aromatic rings. The molecule has 1 unspecified atom stereocenters. The molecule has 374 valence electrons. The van der Waals surface area contributed by atoms with Crippen LogP contribution in [0.2, 0.25) is 0 Å². The van der Waals surface area contributed by atoms with E-state index >= 15 is 0 Å². The number of hydrogen-bond donors (Lipinski definition) is 0. The molecule has 0 aromatic carbocycles. The van der Waals surface area contributed by atoms with Gasteiger partial charge in [-0.25, -0.2) is 0 Å². The van der Waals surface area contributed by atoms with Crippen molar-refractivity contribution in [1.29, 1.82) is 0 Å². The van der Waals surface area contributed by atoms with E-state index in [1.165, 1.54) is 135 Å². The molecular weight excluding hydrogens is 805 g/mol. The molecule has 0 fully saturated rings. The smallest absolute Gasteiger partial charge is 0.306 e. The second kappa shape index (κ2) is 53.5. The fraction of sp³-hybridized carbons (Fsp3) is 0.746. The molecule has 0 rings (SSSR count). The van der Waals surface area contributed by atoms with Gasteiger partial charge in [0.1, 0.15) is 13.2 Å². The maximum atomic E-state index is 12.8. The Morgan fingerprint density at radius 2 is 0.631 bits per heavy atom. The number of carbonyl (C=O) groups is 3. The molecule has 0 aliphatic heterocycles. The van der Waals surface area contributed by atoms with Crippen LogP contribution in [-0.2, 0) is 28.6 Å². The first kappa shape index (κ1) is 61.9. The van der Waals surface area contributed by atoms with Gasteiger partial charge in [-0.3, -0.25) is 14.4 Å². The highest BCUT2D eigenvalue weighted by Gasteiger charge is 2.19. The molecule has 0 heterocycles. The lowest BCUT2D eigenvalue weighted by Crippen LogP contribution is -2.30. The predicted octanol–water partition coefficient (Wildman–Crippen LogP) is 18.2. The number of rotatable bonds is 49. The Morgan fingerprint density at radius 1 is 0.323 bits per heavy atom. The largest absolute Gasteiger partial charge is 0.462 e. The molecule has 0 N–H and O–H groups in total. The van der Waals surface area contributed by atoms with Crippen LogP contribution in [0.3, 0.4) is 0 Å². The Bertz CT molecular complexity index is 1230. The highest BCUT2D eigenvalue weighted by molar-refractivity contribution is 5.71. The van der Waals surface area contributed by atoms with Crippen LogP contribution in [0.25, 0.3) is 0 Å². The minimum atomic E-state index is -0.808. The molecule has 0 saturated carbocycles. The van der Waals surface area contributed by atoms with Gasteiger partial charge in [-0.05, 0) is 77.0 Å². The van der Waals surface area contributed by atoms with Crippen molar-refractivity contribution < 1.29 is 28.6 Å². The van der Waals surface area contributed by atoms with Crippen molar-refractivity contribution in [2.24, 2.45) is 0 Å². The first-order valence-electron chi connectivity index (χ1n) is 27.5. The summed E-state index contributed by atoms with van der Waals surface area (Å²) in [7, 11) is 0. The molecule has 65 heavy (non-hydrogen) atoms. The average molecular weight is 907 g/mol. The third-order valence-electron chi connectivity index (χ3n) is 11.7. The van der Waals surface area contributed by atoms with E-state index in [2.05, 4.69) is 93.7 Å². The Morgan fingerprint density at radius 3 is 1.03 bits per heavy atom. The molecule has 0 saturated heterocycles. The van der Waals surface area contributed by atoms with Crippen LogP contribution in [0.1, 0.15) is 265 Å². The molecular formula is C59H102O6. The Labute approximate surface area is 402 Å². The van der Waals surface area contributed by atoms with Crippen molar-refractivity contribution >= 4 is 17.9 Å².